The molecule has 1 atom stereocenters. The first kappa shape index (κ1) is 29.7. The predicted octanol–water partition coefficient (Wildman–Crippen LogP) is 5.64. The Labute approximate surface area is 196 Å². The minimum absolute atomic E-state index is 0.277. The van der Waals surface area contributed by atoms with Crippen LogP contribution in [0.25, 0.3) is 0 Å². The zero-order valence-electron chi connectivity index (χ0n) is 20.8. The molecule has 9 heteroatoms. The molecule has 188 valence electrons. The van der Waals surface area contributed by atoms with Crippen LogP contribution in [0.15, 0.2) is 6.07 Å². The molecule has 0 spiro atoms. The van der Waals surface area contributed by atoms with Crippen LogP contribution in [0.3, 0.4) is 0 Å². The number of nitrogens with one attached hydrogen (secondary N) is 1. The Morgan fingerprint density at radius 1 is 1.03 bits per heavy atom. The summed E-state index contributed by atoms with van der Waals surface area (Å²) < 4.78 is 52.0. The van der Waals surface area contributed by atoms with Gasteiger partial charge in [-0.25, -0.2) is 0 Å². The number of alkyl halides is 3. The number of rotatable bonds is 15. The summed E-state index contributed by atoms with van der Waals surface area (Å²) in [6.07, 6.45) is 0.703. The molecule has 32 heavy (non-hydrogen) atoms. The molecule has 0 aliphatic carbocycles. The van der Waals surface area contributed by atoms with Crippen molar-refractivity contribution in [3.05, 3.63) is 11.8 Å². The third-order valence-corrected chi connectivity index (χ3v) is 21.2. The van der Waals surface area contributed by atoms with E-state index in [-0.39, 0.29) is 13.1 Å². The van der Waals surface area contributed by atoms with Crippen molar-refractivity contribution in [3.8, 4) is 0 Å². The Kier molecular flexibility index (Phi) is 12.6. The van der Waals surface area contributed by atoms with Gasteiger partial charge in [0, 0.05) is 0 Å². The van der Waals surface area contributed by atoms with Crippen LogP contribution in [0.1, 0.15) is 85.8 Å². The van der Waals surface area contributed by atoms with Gasteiger partial charge in [0.05, 0.1) is 0 Å². The molecule has 0 aliphatic rings. The fraction of sp³-hybridized carbons (Fsp3) is 0.870. The molecule has 0 radical (unpaired) electrons. The van der Waals surface area contributed by atoms with Crippen molar-refractivity contribution >= 4 is 22.1 Å². The van der Waals surface area contributed by atoms with Crippen LogP contribution < -0.4 is 9.03 Å². The van der Waals surface area contributed by atoms with Crippen molar-refractivity contribution in [1.29, 1.82) is 0 Å². The summed E-state index contributed by atoms with van der Waals surface area (Å²) in [6.45, 7) is 12.5. The fourth-order valence-electron chi connectivity index (χ4n) is 4.13. The molecule has 1 aromatic heterocycles. The van der Waals surface area contributed by atoms with E-state index in [0.717, 1.165) is 55.5 Å². The van der Waals surface area contributed by atoms with E-state index in [4.69, 9.17) is 4.74 Å². The summed E-state index contributed by atoms with van der Waals surface area (Å²) in [5.41, 5.74) is -1.32. The van der Waals surface area contributed by atoms with Crippen molar-refractivity contribution in [1.82, 2.24) is 15.1 Å². The molecule has 1 heterocycles. The average molecular weight is 570 g/mol. The molecule has 0 bridgehead atoms. The quantitative estimate of drug-likeness (QED) is 0.212. The average Bonchev–Trinajstić information content (AvgIpc) is 3.11. The van der Waals surface area contributed by atoms with Crippen molar-refractivity contribution in [2.75, 3.05) is 6.54 Å². The number of aliphatic hydroxyl groups excluding tert-OH is 1. The molecule has 1 aromatic rings. The van der Waals surface area contributed by atoms with E-state index in [0.29, 0.717) is 0 Å². The number of nitrogens with zero attached hydrogens (tertiary/aromatic N) is 2. The third-order valence-electron chi connectivity index (χ3n) is 5.75. The van der Waals surface area contributed by atoms with Crippen LogP contribution in [0, 0.1) is 0 Å². The normalized spacial score (nSPS) is 14.2. The Bertz CT molecular complexity index is 638. The number of halogens is 3. The third kappa shape index (κ3) is 9.89. The van der Waals surface area contributed by atoms with E-state index in [1.165, 1.54) is 6.07 Å². The Morgan fingerprint density at radius 2 is 1.53 bits per heavy atom. The van der Waals surface area contributed by atoms with E-state index in [1.54, 1.807) is 4.68 Å². The van der Waals surface area contributed by atoms with Gasteiger partial charge in [-0.05, 0) is 0 Å². The van der Waals surface area contributed by atoms with Crippen molar-refractivity contribution in [2.45, 2.75) is 118 Å². The van der Waals surface area contributed by atoms with E-state index in [2.05, 4.69) is 31.2 Å². The second-order valence-corrected chi connectivity index (χ2v) is 22.8. The summed E-state index contributed by atoms with van der Waals surface area (Å²) in [4.78, 5) is 0. The number of aromatic nitrogens is 2. The van der Waals surface area contributed by atoms with E-state index >= 15 is 0 Å². The Morgan fingerprint density at radius 3 is 1.94 bits per heavy atom. The van der Waals surface area contributed by atoms with Gasteiger partial charge in [-0.15, -0.1) is 0 Å². The molecule has 2 N–H and O–H groups in total. The summed E-state index contributed by atoms with van der Waals surface area (Å²) >= 11 is -3.12. The number of ether oxygens (including phenoxy) is 1. The number of hydrogen-bond donors (Lipinski definition) is 2. The van der Waals surface area contributed by atoms with Crippen LogP contribution in [0.2, 0.25) is 13.3 Å². The van der Waals surface area contributed by atoms with Gasteiger partial charge >= 0.3 is 197 Å². The molecule has 0 saturated carbocycles. The Balaban J connectivity index is 3.26. The monoisotopic (exact) mass is 571 g/mol. The topological polar surface area (TPSA) is 59.3 Å². The minimum atomic E-state index is -4.46. The van der Waals surface area contributed by atoms with Gasteiger partial charge in [0.15, 0.2) is 0 Å². The number of unbranched alkanes of at least 4 members (excludes halogenated alkanes) is 3. The van der Waals surface area contributed by atoms with Gasteiger partial charge < -0.3 is 0 Å². The standard InChI is InChI=1S/C11H17F3N3O2.3C4H9.Sn/c1-10(2,3)19-9(18)15-5-7-17-6-4-8(16-17)11(12,13)14;3*1-3-4-2;/h4,9,15,18H,5,7H2,1-3H3;3*1,3-4H2,2H3;. The van der Waals surface area contributed by atoms with E-state index in [9.17, 15) is 18.3 Å². The Hall–Kier alpha value is -0.321. The predicted molar refractivity (Wildman–Crippen MR) is 127 cm³/mol. The molecule has 1 rings (SSSR count). The van der Waals surface area contributed by atoms with Crippen LogP contribution in [0.5, 0.6) is 0 Å². The maximum absolute atomic E-state index is 13.6. The van der Waals surface area contributed by atoms with Crippen molar-refractivity contribution in [2.24, 2.45) is 0 Å². The van der Waals surface area contributed by atoms with Crippen LogP contribution in [-0.4, -0.2) is 51.8 Å². The molecule has 1 unspecified atom stereocenters. The molecule has 0 saturated heterocycles. The van der Waals surface area contributed by atoms with E-state index in [1.807, 2.05) is 20.8 Å². The summed E-state index contributed by atoms with van der Waals surface area (Å²) in [5, 5.41) is 16.9. The molecule has 0 aromatic carbocycles. The summed E-state index contributed by atoms with van der Waals surface area (Å²) in [7, 11) is 0. The van der Waals surface area contributed by atoms with Gasteiger partial charge in [0.25, 0.3) is 0 Å². The first-order valence-corrected chi connectivity index (χ1v) is 19.6. The zero-order valence-corrected chi connectivity index (χ0v) is 23.7. The van der Waals surface area contributed by atoms with Crippen molar-refractivity contribution < 1.29 is 23.0 Å². The zero-order chi connectivity index (χ0) is 24.4. The van der Waals surface area contributed by atoms with Crippen LogP contribution >= 0.6 is 0 Å². The van der Waals surface area contributed by atoms with Gasteiger partial charge in [0.1, 0.15) is 0 Å². The molecule has 0 fully saturated rings. The van der Waals surface area contributed by atoms with Gasteiger partial charge in [-0.2, -0.15) is 0 Å². The molecule has 5 nitrogen and oxygen atoms in total. The summed E-state index contributed by atoms with van der Waals surface area (Å²) in [5.74, 6) is 0. The van der Waals surface area contributed by atoms with Gasteiger partial charge in [-0.3, -0.25) is 0 Å². The molecule has 0 amide bonds. The van der Waals surface area contributed by atoms with Gasteiger partial charge in [0.2, 0.25) is 0 Å². The number of aliphatic hydroxyl groups is 1. The first-order chi connectivity index (χ1) is 14.9. The van der Waals surface area contributed by atoms with Crippen molar-refractivity contribution in [3.63, 3.8) is 0 Å². The molecule has 0 aliphatic heterocycles. The second-order valence-electron chi connectivity index (χ2n) is 9.76. The first-order valence-electron chi connectivity index (χ1n) is 12.1. The van der Waals surface area contributed by atoms with Crippen LogP contribution in [-0.2, 0) is 17.5 Å². The van der Waals surface area contributed by atoms with Crippen LogP contribution in [0.4, 0.5) is 13.2 Å². The molecular weight excluding hydrogens is 526 g/mol. The number of hydrogen-bond acceptors (Lipinski definition) is 4. The second kappa shape index (κ2) is 13.5. The molecular formula is C23H44F3N3O2Sn. The van der Waals surface area contributed by atoms with E-state index < -0.39 is 42.3 Å². The summed E-state index contributed by atoms with van der Waals surface area (Å²) in [6, 6.07) is 1.36. The SMILES string of the molecule is CCC[CH2][Sn]([CH2]CCC)([CH2]CCC)[c]1cc(C(F)(F)F)nn1CCNC(O)OC(C)(C)C. The van der Waals surface area contributed by atoms with Gasteiger partial charge in [-0.1, -0.05) is 0 Å². The fourth-order valence-corrected chi connectivity index (χ4v) is 20.6. The maximum atomic E-state index is 13.6.